The van der Waals surface area contributed by atoms with Crippen LogP contribution in [0.3, 0.4) is 0 Å². The van der Waals surface area contributed by atoms with E-state index < -0.39 is 0 Å². The van der Waals surface area contributed by atoms with Crippen LogP contribution in [0.15, 0.2) is 0 Å². The van der Waals surface area contributed by atoms with Gasteiger partial charge in [-0.15, -0.1) is 0 Å². The van der Waals surface area contributed by atoms with Gasteiger partial charge in [-0.3, -0.25) is 0 Å². The first-order valence-electron chi connectivity index (χ1n) is 2.74. The molecule has 0 bridgehead atoms. The summed E-state index contributed by atoms with van der Waals surface area (Å²) in [6, 6.07) is -0.106. The summed E-state index contributed by atoms with van der Waals surface area (Å²) in [7, 11) is 8.90. The zero-order valence-electron chi connectivity index (χ0n) is 5.37. The van der Waals surface area contributed by atoms with Crippen LogP contribution < -0.4 is 0 Å². The predicted octanol–water partition coefficient (Wildman–Crippen LogP) is 1.62. The molecule has 2 nitrogen and oxygen atoms in total. The molecule has 1 unspecified atom stereocenters. The summed E-state index contributed by atoms with van der Waals surface area (Å²) < 4.78 is 3.60. The van der Waals surface area contributed by atoms with Crippen LogP contribution in [0.25, 0.3) is 4.59 Å². The van der Waals surface area contributed by atoms with E-state index in [0.29, 0.717) is 12.7 Å². The Morgan fingerprint density at radius 2 is 2.44 bits per heavy atom. The SMILES string of the molecule is [B]CC(CC(C)=O)[N+]#P. The molecule has 0 aliphatic rings. The molecule has 0 aromatic heterocycles. The van der Waals surface area contributed by atoms with E-state index in [1.54, 1.807) is 0 Å². The first-order valence-corrected chi connectivity index (χ1v) is 3.14. The molecule has 0 heterocycles. The molecule has 2 radical (unpaired) electrons. The van der Waals surface area contributed by atoms with Gasteiger partial charge in [-0.25, -0.2) is 0 Å². The molecule has 0 aromatic carbocycles. The minimum absolute atomic E-state index is 0.100. The van der Waals surface area contributed by atoms with Crippen LogP contribution in [-0.4, -0.2) is 19.7 Å². The van der Waals surface area contributed by atoms with Crippen LogP contribution >= 0.6 is 8.88 Å². The zero-order valence-corrected chi connectivity index (χ0v) is 6.27. The molecule has 46 valence electrons. The van der Waals surface area contributed by atoms with Crippen molar-refractivity contribution < 1.29 is 4.79 Å². The fourth-order valence-electron chi connectivity index (χ4n) is 0.503. The van der Waals surface area contributed by atoms with Gasteiger partial charge in [0.05, 0.1) is 0 Å². The van der Waals surface area contributed by atoms with Crippen LogP contribution in [-0.2, 0) is 4.79 Å². The number of nitrogens with zero attached hydrogens (tertiary/aromatic N) is 1. The van der Waals surface area contributed by atoms with Gasteiger partial charge in [0.2, 0.25) is 0 Å². The van der Waals surface area contributed by atoms with Crippen molar-refractivity contribution in [3.8, 4) is 0 Å². The Hall–Kier alpha value is -0.125. The Kier molecular flexibility index (Phi) is 4.66. The van der Waals surface area contributed by atoms with Crippen LogP contribution in [0, 0.1) is 0 Å². The third kappa shape index (κ3) is 4.38. The van der Waals surface area contributed by atoms with Gasteiger partial charge in [0.15, 0.2) is 0 Å². The van der Waals surface area contributed by atoms with Crippen LogP contribution in [0.5, 0.6) is 0 Å². The van der Waals surface area contributed by atoms with Gasteiger partial charge >= 0.3 is 57.6 Å². The van der Waals surface area contributed by atoms with Gasteiger partial charge in [0, 0.05) is 0 Å². The molecule has 0 aromatic rings. The van der Waals surface area contributed by atoms with Crippen molar-refractivity contribution in [1.29, 1.82) is 0 Å². The second-order valence-electron chi connectivity index (χ2n) is 1.91. The van der Waals surface area contributed by atoms with Crippen LogP contribution in [0.2, 0.25) is 6.32 Å². The fourth-order valence-corrected chi connectivity index (χ4v) is 0.679. The normalized spacial score (nSPS) is 12.0. The van der Waals surface area contributed by atoms with Gasteiger partial charge in [0.1, 0.15) is 0 Å². The average molecular weight is 140 g/mol. The average Bonchev–Trinajstić information content (AvgIpc) is 1.82. The second kappa shape index (κ2) is 4.73. The molecule has 0 aliphatic heterocycles. The molecule has 4 heteroatoms. The number of carbonyl (C=O) groups is 1. The van der Waals surface area contributed by atoms with Gasteiger partial charge in [-0.05, 0) is 0 Å². The quantitative estimate of drug-likeness (QED) is 0.431. The Morgan fingerprint density at radius 3 is 2.56 bits per heavy atom. The molecule has 0 saturated carbocycles. The van der Waals surface area contributed by atoms with Gasteiger partial charge in [0.25, 0.3) is 0 Å². The fraction of sp³-hybridized carbons (Fsp3) is 0.800. The summed E-state index contributed by atoms with van der Waals surface area (Å²) in [5.41, 5.74) is 0. The number of hydrogen-bond acceptors (Lipinski definition) is 1. The molecule has 0 saturated heterocycles. The van der Waals surface area contributed by atoms with Crippen molar-refractivity contribution in [3.05, 3.63) is 4.59 Å². The summed E-state index contributed by atoms with van der Waals surface area (Å²) in [5, 5.41) is 0. The molecule has 9 heavy (non-hydrogen) atoms. The molecule has 1 atom stereocenters. The molecular formula is C5H8BNOP+. The standard InChI is InChI=1S/C5H8BNOP/c1-4(8)2-5(3-6)7-9/h5H,2-3H2,1H3/q+1. The van der Waals surface area contributed by atoms with Crippen LogP contribution in [0.1, 0.15) is 13.3 Å². The van der Waals surface area contributed by atoms with E-state index in [1.807, 2.05) is 0 Å². The van der Waals surface area contributed by atoms with E-state index in [9.17, 15) is 4.79 Å². The van der Waals surface area contributed by atoms with E-state index in [4.69, 9.17) is 7.85 Å². The number of carbonyl (C=O) groups excluding carboxylic acids is 1. The first-order chi connectivity index (χ1) is 4.20. The number of Topliss-reactive ketones (excluding diaryl/α,β-unsaturated/α-hetero) is 1. The van der Waals surface area contributed by atoms with Crippen LogP contribution in [0.4, 0.5) is 0 Å². The van der Waals surface area contributed by atoms with E-state index in [2.05, 4.69) is 13.5 Å². The molecule has 0 aliphatic carbocycles. The van der Waals surface area contributed by atoms with Crippen molar-refractivity contribution in [1.82, 2.24) is 0 Å². The summed E-state index contributed by atoms with van der Waals surface area (Å²) in [4.78, 5) is 10.4. The zero-order chi connectivity index (χ0) is 7.28. The summed E-state index contributed by atoms with van der Waals surface area (Å²) in [6.07, 6.45) is 0.795. The summed E-state index contributed by atoms with van der Waals surface area (Å²) in [6.45, 7) is 1.52. The Morgan fingerprint density at radius 1 is 1.89 bits per heavy atom. The molecular weight excluding hydrogens is 132 g/mol. The van der Waals surface area contributed by atoms with E-state index in [1.165, 1.54) is 6.92 Å². The molecule has 0 rings (SSSR count). The van der Waals surface area contributed by atoms with Gasteiger partial charge in [-0.1, -0.05) is 0 Å². The van der Waals surface area contributed by atoms with E-state index in [0.717, 1.165) is 0 Å². The van der Waals surface area contributed by atoms with Crippen molar-refractivity contribution in [3.63, 3.8) is 0 Å². The number of rotatable bonds is 3. The van der Waals surface area contributed by atoms with E-state index >= 15 is 0 Å². The summed E-state index contributed by atoms with van der Waals surface area (Å²) >= 11 is 0. The van der Waals surface area contributed by atoms with Crippen molar-refractivity contribution in [2.24, 2.45) is 0 Å². The summed E-state index contributed by atoms with van der Waals surface area (Å²) in [5.74, 6) is 0.100. The Balaban J connectivity index is 3.60. The Labute approximate surface area is 58.4 Å². The molecule has 0 spiro atoms. The van der Waals surface area contributed by atoms with E-state index in [-0.39, 0.29) is 11.8 Å². The predicted molar refractivity (Wildman–Crippen MR) is 39.9 cm³/mol. The van der Waals surface area contributed by atoms with Gasteiger partial charge in [-0.2, -0.15) is 0 Å². The van der Waals surface area contributed by atoms with Crippen molar-refractivity contribution in [2.75, 3.05) is 0 Å². The maximum atomic E-state index is 10.4. The van der Waals surface area contributed by atoms with Gasteiger partial charge < -0.3 is 0 Å². The minimum atomic E-state index is -0.106. The Bertz CT molecular complexity index is 142. The third-order valence-electron chi connectivity index (χ3n) is 0.958. The molecule has 0 fully saturated rings. The third-order valence-corrected chi connectivity index (χ3v) is 1.29. The van der Waals surface area contributed by atoms with Crippen molar-refractivity contribution in [2.45, 2.75) is 25.7 Å². The number of ketones is 1. The number of hydrogen-bond donors (Lipinski definition) is 0. The maximum absolute atomic E-state index is 10.4. The van der Waals surface area contributed by atoms with Crippen molar-refractivity contribution >= 4 is 22.5 Å². The molecule has 0 amide bonds. The second-order valence-corrected chi connectivity index (χ2v) is 2.14. The topological polar surface area (TPSA) is 21.4 Å². The monoisotopic (exact) mass is 140 g/mol. The molecule has 0 N–H and O–H groups in total. The first kappa shape index (κ1) is 8.87.